The molecule has 0 atom stereocenters. The van der Waals surface area contributed by atoms with Gasteiger partial charge in [0.05, 0.1) is 17.3 Å². The van der Waals surface area contributed by atoms with E-state index in [1.807, 2.05) is 29.9 Å². The number of amides is 2. The van der Waals surface area contributed by atoms with Crippen molar-refractivity contribution in [1.29, 1.82) is 0 Å². The van der Waals surface area contributed by atoms with Gasteiger partial charge in [0.15, 0.2) is 5.65 Å². The zero-order chi connectivity index (χ0) is 37.4. The van der Waals surface area contributed by atoms with Gasteiger partial charge < -0.3 is 20.7 Å². The van der Waals surface area contributed by atoms with Gasteiger partial charge in [0.1, 0.15) is 17.2 Å². The van der Waals surface area contributed by atoms with E-state index in [1.165, 1.54) is 25.3 Å². The summed E-state index contributed by atoms with van der Waals surface area (Å²) in [6.45, 7) is 9.60. The summed E-state index contributed by atoms with van der Waals surface area (Å²) >= 11 is 0. The smallest absolute Gasteiger partial charge is 0.270 e. The Morgan fingerprint density at radius 1 is 0.870 bits per heavy atom. The quantitative estimate of drug-likeness (QED) is 0.123. The highest BCUT2D eigenvalue weighted by molar-refractivity contribution is 5.97. The minimum absolute atomic E-state index is 0.113. The zero-order valence-corrected chi connectivity index (χ0v) is 31.2. The minimum atomic E-state index is -0.433. The molecule has 0 saturated carbocycles. The number of piperidine rings is 1. The van der Waals surface area contributed by atoms with Crippen LogP contribution in [0.2, 0.25) is 0 Å². The first-order valence-electron chi connectivity index (χ1n) is 19.2. The Hall–Kier alpha value is -5.20. The second-order valence-electron chi connectivity index (χ2n) is 14.1. The lowest BCUT2D eigenvalue weighted by molar-refractivity contribution is 0.0904. The predicted molar refractivity (Wildman–Crippen MR) is 208 cm³/mol. The number of benzene rings is 2. The Balaban J connectivity index is 1.02. The Morgan fingerprint density at radius 2 is 1.61 bits per heavy atom. The lowest BCUT2D eigenvalue weighted by Crippen LogP contribution is -2.30. The first kappa shape index (κ1) is 37.1. The molecule has 3 aromatic heterocycles. The normalized spacial score (nSPS) is 15.3. The van der Waals surface area contributed by atoms with Crippen molar-refractivity contribution < 1.29 is 18.7 Å². The van der Waals surface area contributed by atoms with Gasteiger partial charge in [-0.1, -0.05) is 43.7 Å². The van der Waals surface area contributed by atoms with Crippen molar-refractivity contribution in [2.24, 2.45) is 0 Å². The molecule has 2 aliphatic rings. The van der Waals surface area contributed by atoms with Gasteiger partial charge in [-0.2, -0.15) is 5.10 Å². The lowest BCUT2D eigenvalue weighted by Gasteiger charge is -2.26. The number of fused-ring (bicyclic) bond motifs is 1. The number of aromatic nitrogens is 4. The first-order valence-corrected chi connectivity index (χ1v) is 19.2. The number of nitrogens with zero attached hydrogens (tertiary/aromatic N) is 5. The van der Waals surface area contributed by atoms with Crippen molar-refractivity contribution >= 4 is 28.5 Å². The van der Waals surface area contributed by atoms with Crippen LogP contribution in [0.3, 0.4) is 0 Å². The Labute approximate surface area is 315 Å². The van der Waals surface area contributed by atoms with Gasteiger partial charge >= 0.3 is 0 Å². The molecular weight excluding hydrogens is 684 g/mol. The maximum absolute atomic E-state index is 15.1. The predicted octanol–water partition coefficient (Wildman–Crippen LogP) is 6.65. The van der Waals surface area contributed by atoms with Crippen LogP contribution in [0.15, 0.2) is 66.9 Å². The van der Waals surface area contributed by atoms with E-state index in [0.717, 1.165) is 77.1 Å². The van der Waals surface area contributed by atoms with Crippen molar-refractivity contribution in [3.63, 3.8) is 0 Å². The molecule has 2 aliphatic heterocycles. The molecule has 54 heavy (non-hydrogen) atoms. The second-order valence-corrected chi connectivity index (χ2v) is 14.1. The molecule has 282 valence electrons. The van der Waals surface area contributed by atoms with Gasteiger partial charge in [-0.3, -0.25) is 14.5 Å². The number of nitrogens with one attached hydrogen (secondary N) is 3. The molecule has 2 aromatic carbocycles. The van der Waals surface area contributed by atoms with Crippen molar-refractivity contribution in [3.8, 4) is 11.1 Å². The van der Waals surface area contributed by atoms with E-state index >= 15 is 4.39 Å². The topological polar surface area (TPSA) is 126 Å². The molecule has 0 unspecified atom stereocenters. The third-order valence-electron chi connectivity index (χ3n) is 10.4. The van der Waals surface area contributed by atoms with Crippen LogP contribution in [-0.4, -0.2) is 68.8 Å². The summed E-state index contributed by atoms with van der Waals surface area (Å²) in [5.41, 5.74) is 6.97. The summed E-state index contributed by atoms with van der Waals surface area (Å²) in [4.78, 5) is 38.6. The van der Waals surface area contributed by atoms with Crippen LogP contribution in [0.1, 0.15) is 89.3 Å². The molecule has 5 heterocycles. The molecule has 7 rings (SSSR count). The summed E-state index contributed by atoms with van der Waals surface area (Å²) in [6, 6.07) is 18.0. The number of hydrogen-bond acceptors (Lipinski definition) is 8. The van der Waals surface area contributed by atoms with E-state index in [2.05, 4.69) is 50.0 Å². The lowest BCUT2D eigenvalue weighted by atomic mass is 9.99. The average molecular weight is 733 g/mol. The standard InChI is InChI=1S/C42H49FN8O3/c1-3-36-33(39(47-31-16-20-54-21-17-31)34-26-46-51(4-2)40(34)49-36)25-45-42(53)38-13-9-12-37(48-38)41(52)44-24-28-14-15-35(43)32(23-28)30-11-8-10-29(22-30)27-50-18-6-5-7-19-50/h8-15,22-23,26,31H,3-7,16-21,24-25,27H2,1-2H3,(H,44,52)(H,45,53)(H,47,49). The molecule has 0 spiro atoms. The maximum Gasteiger partial charge on any atom is 0.270 e. The van der Waals surface area contributed by atoms with Gasteiger partial charge in [0.2, 0.25) is 0 Å². The molecule has 2 fully saturated rings. The summed E-state index contributed by atoms with van der Waals surface area (Å²) in [5, 5.41) is 15.1. The molecule has 5 aromatic rings. The summed E-state index contributed by atoms with van der Waals surface area (Å²) in [5.74, 6) is -1.15. The minimum Gasteiger partial charge on any atom is -0.381 e. The van der Waals surface area contributed by atoms with Crippen molar-refractivity contribution in [1.82, 2.24) is 35.3 Å². The number of carbonyl (C=O) groups excluding carboxylic acids is 2. The third kappa shape index (κ3) is 8.61. The van der Waals surface area contributed by atoms with Crippen LogP contribution < -0.4 is 16.0 Å². The van der Waals surface area contributed by atoms with Crippen LogP contribution in [0.5, 0.6) is 0 Å². The van der Waals surface area contributed by atoms with E-state index in [4.69, 9.17) is 9.72 Å². The summed E-state index contributed by atoms with van der Waals surface area (Å²) in [6.07, 6.45) is 7.98. The zero-order valence-electron chi connectivity index (χ0n) is 31.2. The van der Waals surface area contributed by atoms with Crippen LogP contribution in [0.25, 0.3) is 22.2 Å². The number of likely N-dealkylation sites (tertiary alicyclic amines) is 1. The second kappa shape index (κ2) is 17.3. The summed E-state index contributed by atoms with van der Waals surface area (Å²) in [7, 11) is 0. The highest BCUT2D eigenvalue weighted by Crippen LogP contribution is 2.31. The number of halogens is 1. The van der Waals surface area contributed by atoms with E-state index < -0.39 is 11.8 Å². The van der Waals surface area contributed by atoms with Gasteiger partial charge in [-0.15, -0.1) is 0 Å². The van der Waals surface area contributed by atoms with Crippen molar-refractivity contribution in [2.75, 3.05) is 31.6 Å². The SMILES string of the molecule is CCc1nc2c(cnn2CC)c(NC2CCOCC2)c1CNC(=O)c1cccc(C(=O)NCc2ccc(F)c(-c3cccc(CN4CCCCC4)c3)c2)n1. The number of rotatable bonds is 13. The van der Waals surface area contributed by atoms with E-state index in [0.29, 0.717) is 31.7 Å². The fourth-order valence-corrected chi connectivity index (χ4v) is 7.44. The highest BCUT2D eigenvalue weighted by Gasteiger charge is 2.23. The Bertz CT molecular complexity index is 2110. The maximum atomic E-state index is 15.1. The molecule has 12 heteroatoms. The van der Waals surface area contributed by atoms with E-state index in [1.54, 1.807) is 30.3 Å². The largest absolute Gasteiger partial charge is 0.381 e. The fraction of sp³-hybridized carbons (Fsp3) is 0.405. The Kier molecular flexibility index (Phi) is 11.9. The number of anilines is 1. The van der Waals surface area contributed by atoms with Crippen molar-refractivity contribution in [3.05, 3.63) is 106 Å². The van der Waals surface area contributed by atoms with E-state index in [9.17, 15) is 9.59 Å². The molecule has 3 N–H and O–H groups in total. The number of carbonyl (C=O) groups is 2. The summed E-state index contributed by atoms with van der Waals surface area (Å²) < 4.78 is 22.6. The van der Waals surface area contributed by atoms with Gasteiger partial charge in [-0.05, 0) is 99.1 Å². The van der Waals surface area contributed by atoms with Crippen LogP contribution in [-0.2, 0) is 37.3 Å². The molecule has 0 bridgehead atoms. The number of ether oxygens (including phenoxy) is 1. The van der Waals surface area contributed by atoms with Crippen LogP contribution in [0, 0.1) is 5.82 Å². The van der Waals surface area contributed by atoms with Gasteiger partial charge in [0, 0.05) is 62.3 Å². The molecule has 2 saturated heterocycles. The van der Waals surface area contributed by atoms with Crippen LogP contribution in [0.4, 0.5) is 10.1 Å². The first-order chi connectivity index (χ1) is 26.4. The fourth-order valence-electron chi connectivity index (χ4n) is 7.44. The van der Waals surface area contributed by atoms with Crippen LogP contribution >= 0.6 is 0 Å². The van der Waals surface area contributed by atoms with Gasteiger partial charge in [0.25, 0.3) is 11.8 Å². The molecule has 0 radical (unpaired) electrons. The third-order valence-corrected chi connectivity index (χ3v) is 10.4. The Morgan fingerprint density at radius 3 is 2.35 bits per heavy atom. The van der Waals surface area contributed by atoms with Gasteiger partial charge in [-0.25, -0.2) is 19.0 Å². The molecular formula is C42H49FN8O3. The molecule has 11 nitrogen and oxygen atoms in total. The monoisotopic (exact) mass is 732 g/mol. The molecule has 2 amide bonds. The van der Waals surface area contributed by atoms with Crippen molar-refractivity contribution in [2.45, 2.75) is 84.6 Å². The number of pyridine rings is 2. The van der Waals surface area contributed by atoms with E-state index in [-0.39, 0.29) is 36.3 Å². The number of aryl methyl sites for hydroxylation is 2. The molecule has 0 aliphatic carbocycles. The highest BCUT2D eigenvalue weighted by atomic mass is 19.1. The number of hydrogen-bond donors (Lipinski definition) is 3. The average Bonchev–Trinajstić information content (AvgIpc) is 3.63.